The van der Waals surface area contributed by atoms with Crippen molar-refractivity contribution in [1.82, 2.24) is 15.1 Å². The van der Waals surface area contributed by atoms with Crippen LogP contribution in [0.1, 0.15) is 23.4 Å². The van der Waals surface area contributed by atoms with Crippen molar-refractivity contribution in [2.45, 2.75) is 26.3 Å². The van der Waals surface area contributed by atoms with E-state index in [2.05, 4.69) is 10.4 Å². The summed E-state index contributed by atoms with van der Waals surface area (Å²) in [7, 11) is -1.12. The molecule has 1 aromatic heterocycles. The van der Waals surface area contributed by atoms with Crippen molar-refractivity contribution in [3.05, 3.63) is 23.0 Å². The molecule has 0 aliphatic carbocycles. The lowest BCUT2D eigenvalue weighted by molar-refractivity contribution is -0.116. The molecule has 1 aromatic rings. The van der Waals surface area contributed by atoms with Gasteiger partial charge in [0.2, 0.25) is 5.91 Å². The second-order valence-corrected chi connectivity index (χ2v) is 7.38. The average molecular weight is 297 g/mol. The van der Waals surface area contributed by atoms with Gasteiger partial charge in [-0.15, -0.1) is 0 Å². The molecule has 1 aliphatic rings. The molecule has 1 aliphatic heterocycles. The molecule has 6 nitrogen and oxygen atoms in total. The molecule has 1 N–H and O–H groups in total. The third-order valence-electron chi connectivity index (χ3n) is 3.55. The van der Waals surface area contributed by atoms with Gasteiger partial charge in [-0.25, -0.2) is 8.42 Å². The number of amides is 1. The number of hydrogen-bond acceptors (Lipinski definition) is 4. The van der Waals surface area contributed by atoms with Gasteiger partial charge in [-0.2, -0.15) is 5.10 Å². The van der Waals surface area contributed by atoms with Crippen molar-refractivity contribution in [2.24, 2.45) is 7.05 Å². The maximum absolute atomic E-state index is 11.8. The van der Waals surface area contributed by atoms with Crippen LogP contribution in [0.4, 0.5) is 0 Å². The molecule has 0 aromatic carbocycles. The van der Waals surface area contributed by atoms with E-state index in [1.54, 1.807) is 10.8 Å². The van der Waals surface area contributed by atoms with E-state index >= 15 is 0 Å². The van der Waals surface area contributed by atoms with Gasteiger partial charge >= 0.3 is 0 Å². The monoisotopic (exact) mass is 297 g/mol. The van der Waals surface area contributed by atoms with E-state index in [-0.39, 0.29) is 23.5 Å². The number of sulfone groups is 1. The first-order valence-electron chi connectivity index (χ1n) is 6.48. The lowest BCUT2D eigenvalue weighted by Gasteiger charge is -2.07. The molecule has 1 fully saturated rings. The minimum atomic E-state index is -2.97. The van der Waals surface area contributed by atoms with Crippen LogP contribution in [-0.2, 0) is 21.7 Å². The predicted molar refractivity (Wildman–Crippen MR) is 76.9 cm³/mol. The SMILES string of the molecule is Cc1nn(C)c(C)c1/C=C\C(=O)N[C@H]1CCS(=O)(=O)C1. The van der Waals surface area contributed by atoms with Crippen LogP contribution in [0.2, 0.25) is 0 Å². The van der Waals surface area contributed by atoms with Gasteiger partial charge in [0.05, 0.1) is 17.2 Å². The quantitative estimate of drug-likeness (QED) is 0.817. The van der Waals surface area contributed by atoms with E-state index in [0.29, 0.717) is 6.42 Å². The predicted octanol–water partition coefficient (Wildman–Crippen LogP) is 0.353. The van der Waals surface area contributed by atoms with Crippen LogP contribution in [-0.4, -0.2) is 41.7 Å². The Morgan fingerprint density at radius 2 is 2.15 bits per heavy atom. The fourth-order valence-electron chi connectivity index (χ4n) is 2.35. The summed E-state index contributed by atoms with van der Waals surface area (Å²) in [6.07, 6.45) is 3.64. The van der Waals surface area contributed by atoms with Crippen molar-refractivity contribution in [2.75, 3.05) is 11.5 Å². The molecule has 0 radical (unpaired) electrons. The molecule has 2 heterocycles. The van der Waals surface area contributed by atoms with Crippen LogP contribution in [0.25, 0.3) is 6.08 Å². The van der Waals surface area contributed by atoms with E-state index in [1.165, 1.54) is 6.08 Å². The summed E-state index contributed by atoms with van der Waals surface area (Å²) in [5.74, 6) is -0.0743. The third-order valence-corrected chi connectivity index (χ3v) is 5.31. The zero-order valence-corrected chi connectivity index (χ0v) is 12.7. The Morgan fingerprint density at radius 1 is 1.45 bits per heavy atom. The fourth-order valence-corrected chi connectivity index (χ4v) is 4.02. The van der Waals surface area contributed by atoms with Crippen LogP contribution in [0.3, 0.4) is 0 Å². The summed E-state index contributed by atoms with van der Waals surface area (Å²) >= 11 is 0. The summed E-state index contributed by atoms with van der Waals surface area (Å²) in [6, 6.07) is -0.270. The second kappa shape index (κ2) is 5.40. The van der Waals surface area contributed by atoms with Crippen LogP contribution in [0.5, 0.6) is 0 Å². The Kier molecular flexibility index (Phi) is 3.99. The first kappa shape index (κ1) is 14.8. The van der Waals surface area contributed by atoms with E-state index in [4.69, 9.17) is 0 Å². The second-order valence-electron chi connectivity index (χ2n) is 5.15. The highest BCUT2D eigenvalue weighted by atomic mass is 32.2. The first-order chi connectivity index (χ1) is 9.28. The molecule has 2 rings (SSSR count). The first-order valence-corrected chi connectivity index (χ1v) is 8.30. The maximum atomic E-state index is 11.8. The zero-order chi connectivity index (χ0) is 14.9. The van der Waals surface area contributed by atoms with Crippen molar-refractivity contribution in [3.63, 3.8) is 0 Å². The van der Waals surface area contributed by atoms with Gasteiger partial charge in [-0.1, -0.05) is 0 Å². The molecular weight excluding hydrogens is 278 g/mol. The van der Waals surface area contributed by atoms with Crippen LogP contribution in [0, 0.1) is 13.8 Å². The topological polar surface area (TPSA) is 81.1 Å². The average Bonchev–Trinajstić information content (AvgIpc) is 2.78. The number of carbonyl (C=O) groups is 1. The Balaban J connectivity index is 2.00. The number of aryl methyl sites for hydroxylation is 2. The number of rotatable bonds is 3. The molecule has 0 bridgehead atoms. The lowest BCUT2D eigenvalue weighted by atomic mass is 10.2. The van der Waals surface area contributed by atoms with Gasteiger partial charge in [0.1, 0.15) is 0 Å². The van der Waals surface area contributed by atoms with Gasteiger partial charge in [-0.05, 0) is 26.3 Å². The van der Waals surface area contributed by atoms with Gasteiger partial charge in [0, 0.05) is 30.4 Å². The molecular formula is C13H19N3O3S. The minimum Gasteiger partial charge on any atom is -0.349 e. The van der Waals surface area contributed by atoms with Crippen LogP contribution < -0.4 is 5.32 Å². The van der Waals surface area contributed by atoms with Crippen LogP contribution in [0.15, 0.2) is 6.08 Å². The summed E-state index contributed by atoms with van der Waals surface area (Å²) < 4.78 is 24.4. The highest BCUT2D eigenvalue weighted by Gasteiger charge is 2.28. The molecule has 1 saturated heterocycles. The standard InChI is InChI=1S/C13H19N3O3S/c1-9-12(10(2)16(3)15-9)4-5-13(17)14-11-6-7-20(18,19)8-11/h4-5,11H,6-8H2,1-3H3,(H,14,17)/b5-4-/t11-/m0/s1. The van der Waals surface area contributed by atoms with E-state index in [1.807, 2.05) is 20.9 Å². The molecule has 1 atom stereocenters. The molecule has 20 heavy (non-hydrogen) atoms. The van der Waals surface area contributed by atoms with Crippen molar-refractivity contribution in [3.8, 4) is 0 Å². The summed E-state index contributed by atoms with van der Waals surface area (Å²) in [5.41, 5.74) is 2.76. The Morgan fingerprint density at radius 3 is 2.65 bits per heavy atom. The Hall–Kier alpha value is -1.63. The normalized spacial score (nSPS) is 21.4. The summed E-state index contributed by atoms with van der Waals surface area (Å²) in [5, 5.41) is 6.98. The van der Waals surface area contributed by atoms with Gasteiger partial charge < -0.3 is 5.32 Å². The lowest BCUT2D eigenvalue weighted by Crippen LogP contribution is -2.34. The minimum absolute atomic E-state index is 0.0392. The largest absolute Gasteiger partial charge is 0.349 e. The van der Waals surface area contributed by atoms with E-state index < -0.39 is 9.84 Å². The molecule has 7 heteroatoms. The fraction of sp³-hybridized carbons (Fsp3) is 0.538. The number of nitrogens with zero attached hydrogens (tertiary/aromatic N) is 2. The van der Waals surface area contributed by atoms with Crippen LogP contribution >= 0.6 is 0 Å². The van der Waals surface area contributed by atoms with Gasteiger partial charge in [-0.3, -0.25) is 9.48 Å². The molecule has 0 saturated carbocycles. The smallest absolute Gasteiger partial charge is 0.244 e. The summed E-state index contributed by atoms with van der Waals surface area (Å²) in [6.45, 7) is 3.81. The maximum Gasteiger partial charge on any atom is 0.244 e. The highest BCUT2D eigenvalue weighted by Crippen LogP contribution is 2.14. The van der Waals surface area contributed by atoms with Gasteiger partial charge in [0.25, 0.3) is 0 Å². The van der Waals surface area contributed by atoms with Crippen molar-refractivity contribution in [1.29, 1.82) is 0 Å². The zero-order valence-electron chi connectivity index (χ0n) is 11.9. The Bertz CT molecular complexity index is 659. The Labute approximate surface area is 118 Å². The summed E-state index contributed by atoms with van der Waals surface area (Å²) in [4.78, 5) is 11.8. The number of nitrogens with one attached hydrogen (secondary N) is 1. The number of aromatic nitrogens is 2. The molecule has 0 unspecified atom stereocenters. The highest BCUT2D eigenvalue weighted by molar-refractivity contribution is 7.91. The number of hydrogen-bond donors (Lipinski definition) is 1. The molecule has 1 amide bonds. The van der Waals surface area contributed by atoms with Crippen molar-refractivity contribution < 1.29 is 13.2 Å². The molecule has 0 spiro atoms. The number of carbonyl (C=O) groups excluding carboxylic acids is 1. The van der Waals surface area contributed by atoms with E-state index in [9.17, 15) is 13.2 Å². The van der Waals surface area contributed by atoms with Gasteiger partial charge in [0.15, 0.2) is 9.84 Å². The third kappa shape index (κ3) is 3.27. The van der Waals surface area contributed by atoms with E-state index in [0.717, 1.165) is 17.0 Å². The van der Waals surface area contributed by atoms with Crippen molar-refractivity contribution >= 4 is 21.8 Å². The molecule has 110 valence electrons.